The van der Waals surface area contributed by atoms with Crippen molar-refractivity contribution in [3.63, 3.8) is 0 Å². The third kappa shape index (κ3) is 3.02. The Balaban J connectivity index is 1.85. The molecule has 0 radical (unpaired) electrons. The van der Waals surface area contributed by atoms with Gasteiger partial charge in [-0.15, -0.1) is 11.3 Å². The maximum atomic E-state index is 13.5. The summed E-state index contributed by atoms with van der Waals surface area (Å²) >= 11 is 0.988. The summed E-state index contributed by atoms with van der Waals surface area (Å²) in [5.41, 5.74) is 0.437. The van der Waals surface area contributed by atoms with Crippen LogP contribution in [-0.2, 0) is 0 Å². The number of hydrogen-bond acceptors (Lipinski definition) is 6. The van der Waals surface area contributed by atoms with Gasteiger partial charge in [0.05, 0.1) is 10.2 Å². The van der Waals surface area contributed by atoms with Crippen LogP contribution < -0.4 is 9.47 Å². The van der Waals surface area contributed by atoms with Crippen LogP contribution in [0.4, 0.5) is 26.7 Å². The Bertz CT molecular complexity index is 1060. The van der Waals surface area contributed by atoms with Crippen molar-refractivity contribution < 1.29 is 36.2 Å². The molecule has 0 spiro atoms. The van der Waals surface area contributed by atoms with E-state index in [9.17, 15) is 26.7 Å². The number of nitrogens with zero attached hydrogens (tertiary/aromatic N) is 2. The molecule has 0 aliphatic heterocycles. The molecule has 0 atom stereocenters. The molecule has 132 valence electrons. The Morgan fingerprint density at radius 1 is 1.00 bits per heavy atom. The minimum absolute atomic E-state index is 0.153. The molecule has 26 heavy (non-hydrogen) atoms. The molecule has 0 aliphatic rings. The number of hydrogen-bond donors (Lipinski definition) is 0. The van der Waals surface area contributed by atoms with E-state index in [0.717, 1.165) is 11.3 Å². The first-order valence-electron chi connectivity index (χ1n) is 6.53. The number of aromatic nitrogens is 1. The van der Waals surface area contributed by atoms with Gasteiger partial charge in [-0.2, -0.15) is 14.0 Å². The lowest BCUT2D eigenvalue weighted by molar-refractivity contribution is 0.146. The maximum absolute atomic E-state index is 13.5. The molecule has 0 amide bonds. The highest BCUT2D eigenvalue weighted by atomic mass is 32.1. The Hall–Kier alpha value is -3.26. The van der Waals surface area contributed by atoms with Crippen LogP contribution >= 0.6 is 11.3 Å². The molecule has 0 bridgehead atoms. The molecule has 0 fully saturated rings. The molecular weight excluding hydrogens is 383 g/mol. The van der Waals surface area contributed by atoms with Gasteiger partial charge in [0, 0.05) is 6.07 Å². The van der Waals surface area contributed by atoms with E-state index in [1.807, 2.05) is 6.07 Å². The lowest BCUT2D eigenvalue weighted by Gasteiger charge is -2.09. The predicted octanol–water partition coefficient (Wildman–Crippen LogP) is 4.44. The SMILES string of the molecule is N#Cc1nc2ccc(OC(=O)Oc3c(F)c(F)c(F)c(F)c3F)cc2s1. The van der Waals surface area contributed by atoms with Crippen molar-refractivity contribution in [2.75, 3.05) is 0 Å². The van der Waals surface area contributed by atoms with Crippen LogP contribution in [0.15, 0.2) is 18.2 Å². The van der Waals surface area contributed by atoms with Gasteiger partial charge >= 0.3 is 6.16 Å². The summed E-state index contributed by atoms with van der Waals surface area (Å²) in [5, 5.41) is 8.92. The van der Waals surface area contributed by atoms with Gasteiger partial charge in [-0.3, -0.25) is 0 Å². The molecule has 2 aromatic carbocycles. The minimum atomic E-state index is -2.38. The van der Waals surface area contributed by atoms with Crippen molar-refractivity contribution in [1.82, 2.24) is 4.98 Å². The molecule has 5 nitrogen and oxygen atoms in total. The van der Waals surface area contributed by atoms with E-state index in [0.29, 0.717) is 10.2 Å². The van der Waals surface area contributed by atoms with Crippen LogP contribution in [0.1, 0.15) is 5.01 Å². The molecule has 11 heteroatoms. The van der Waals surface area contributed by atoms with Gasteiger partial charge < -0.3 is 9.47 Å². The zero-order valence-corrected chi connectivity index (χ0v) is 13.0. The molecule has 0 aliphatic carbocycles. The molecule has 0 saturated heterocycles. The summed E-state index contributed by atoms with van der Waals surface area (Å²) in [4.78, 5) is 15.5. The Labute approximate surface area is 144 Å². The zero-order chi connectivity index (χ0) is 19.0. The summed E-state index contributed by atoms with van der Waals surface area (Å²) in [7, 11) is 0. The molecule has 1 aromatic heterocycles. The Morgan fingerprint density at radius 3 is 2.23 bits per heavy atom. The number of ether oxygens (including phenoxy) is 2. The minimum Gasteiger partial charge on any atom is -0.395 e. The van der Waals surface area contributed by atoms with Gasteiger partial charge in [0.25, 0.3) is 0 Å². The summed E-state index contributed by atoms with van der Waals surface area (Å²) in [5.74, 6) is -13.5. The van der Waals surface area contributed by atoms with Crippen molar-refractivity contribution in [1.29, 1.82) is 5.26 Å². The number of fused-ring (bicyclic) bond motifs is 1. The van der Waals surface area contributed by atoms with E-state index in [1.54, 1.807) is 0 Å². The number of halogens is 5. The maximum Gasteiger partial charge on any atom is 0.519 e. The second-order valence-corrected chi connectivity index (χ2v) is 5.64. The van der Waals surface area contributed by atoms with Crippen molar-refractivity contribution in [2.45, 2.75) is 0 Å². The largest absolute Gasteiger partial charge is 0.519 e. The summed E-state index contributed by atoms with van der Waals surface area (Å²) in [6.45, 7) is 0. The van der Waals surface area contributed by atoms with E-state index >= 15 is 0 Å². The van der Waals surface area contributed by atoms with Gasteiger partial charge in [0.15, 0.2) is 5.01 Å². The summed E-state index contributed by atoms with van der Waals surface area (Å²) in [6.07, 6.45) is -1.72. The van der Waals surface area contributed by atoms with Crippen LogP contribution in [0.2, 0.25) is 0 Å². The second kappa shape index (κ2) is 6.57. The molecule has 3 rings (SSSR count). The average molecular weight is 386 g/mol. The van der Waals surface area contributed by atoms with Crippen molar-refractivity contribution in [3.8, 4) is 17.6 Å². The molecule has 1 heterocycles. The van der Waals surface area contributed by atoms with Crippen LogP contribution in [0.5, 0.6) is 11.5 Å². The Morgan fingerprint density at radius 2 is 1.62 bits per heavy atom. The summed E-state index contributed by atoms with van der Waals surface area (Å²) in [6, 6.07) is 5.75. The number of thiazole rings is 1. The van der Waals surface area contributed by atoms with E-state index in [4.69, 9.17) is 5.26 Å². The van der Waals surface area contributed by atoms with Crippen LogP contribution in [0.3, 0.4) is 0 Å². The number of nitriles is 1. The monoisotopic (exact) mass is 386 g/mol. The summed E-state index contributed by atoms with van der Waals surface area (Å²) < 4.78 is 75.2. The first-order chi connectivity index (χ1) is 12.3. The molecule has 0 unspecified atom stereocenters. The number of carbonyl (C=O) groups is 1. The van der Waals surface area contributed by atoms with E-state index in [-0.39, 0.29) is 10.8 Å². The normalized spacial score (nSPS) is 10.6. The van der Waals surface area contributed by atoms with Gasteiger partial charge in [-0.05, 0) is 12.1 Å². The number of benzene rings is 2. The zero-order valence-electron chi connectivity index (χ0n) is 12.1. The smallest absolute Gasteiger partial charge is 0.395 e. The van der Waals surface area contributed by atoms with Gasteiger partial charge in [-0.1, -0.05) is 0 Å². The highest BCUT2D eigenvalue weighted by molar-refractivity contribution is 7.19. The molecule has 0 saturated carbocycles. The average Bonchev–Trinajstić information content (AvgIpc) is 3.04. The van der Waals surface area contributed by atoms with Gasteiger partial charge in [0.1, 0.15) is 11.8 Å². The standard InChI is InChI=1S/C15H3F5N2O3S/c16-9-10(17)12(19)14(13(20)11(9)18)25-15(23)24-5-1-2-6-7(3-5)26-8(4-21)22-6/h1-3H. The number of rotatable bonds is 2. The molecule has 3 aromatic rings. The van der Waals surface area contributed by atoms with Crippen molar-refractivity contribution in [2.24, 2.45) is 0 Å². The van der Waals surface area contributed by atoms with Crippen LogP contribution in [0, 0.1) is 40.4 Å². The third-order valence-electron chi connectivity index (χ3n) is 3.01. The second-order valence-electron chi connectivity index (χ2n) is 4.61. The van der Waals surface area contributed by atoms with Gasteiger partial charge in [-0.25, -0.2) is 22.9 Å². The van der Waals surface area contributed by atoms with Gasteiger partial charge in [0.2, 0.25) is 34.8 Å². The van der Waals surface area contributed by atoms with E-state index < -0.39 is 41.0 Å². The lowest BCUT2D eigenvalue weighted by atomic mass is 10.3. The Kier molecular flexibility index (Phi) is 4.43. The highest BCUT2D eigenvalue weighted by Crippen LogP contribution is 2.30. The topological polar surface area (TPSA) is 72.2 Å². The molecular formula is C15H3F5N2O3S. The fourth-order valence-corrected chi connectivity index (χ4v) is 2.68. The fraction of sp³-hybridized carbons (Fsp3) is 0. The van der Waals surface area contributed by atoms with Crippen LogP contribution in [0.25, 0.3) is 10.2 Å². The third-order valence-corrected chi connectivity index (χ3v) is 3.93. The fourth-order valence-electron chi connectivity index (χ4n) is 1.89. The van der Waals surface area contributed by atoms with E-state index in [1.165, 1.54) is 18.2 Å². The van der Waals surface area contributed by atoms with Crippen LogP contribution in [-0.4, -0.2) is 11.1 Å². The first kappa shape index (κ1) is 17.6. The number of carbonyl (C=O) groups excluding carboxylic acids is 1. The van der Waals surface area contributed by atoms with Crippen molar-refractivity contribution >= 4 is 27.7 Å². The first-order valence-corrected chi connectivity index (χ1v) is 7.35. The predicted molar refractivity (Wildman–Crippen MR) is 77.2 cm³/mol. The van der Waals surface area contributed by atoms with Crippen molar-refractivity contribution in [3.05, 3.63) is 52.3 Å². The highest BCUT2D eigenvalue weighted by Gasteiger charge is 2.29. The lowest BCUT2D eigenvalue weighted by Crippen LogP contribution is -2.17. The molecule has 0 N–H and O–H groups in total. The quantitative estimate of drug-likeness (QED) is 0.214. The van der Waals surface area contributed by atoms with E-state index in [2.05, 4.69) is 14.5 Å².